The zero-order valence-corrected chi connectivity index (χ0v) is 10.5. The molecule has 0 saturated carbocycles. The van der Waals surface area contributed by atoms with Gasteiger partial charge in [0.1, 0.15) is 18.2 Å². The molecule has 100 valence electrons. The van der Waals surface area contributed by atoms with Gasteiger partial charge in [-0.2, -0.15) is 0 Å². The fourth-order valence-electron chi connectivity index (χ4n) is 1.62. The van der Waals surface area contributed by atoms with Crippen LogP contribution in [0.25, 0.3) is 0 Å². The van der Waals surface area contributed by atoms with Crippen molar-refractivity contribution in [3.8, 4) is 11.6 Å². The van der Waals surface area contributed by atoms with Gasteiger partial charge in [-0.1, -0.05) is 6.07 Å². The smallest absolute Gasteiger partial charge is 0.213 e. The minimum atomic E-state index is -0.407. The lowest BCUT2D eigenvalue weighted by Crippen LogP contribution is -2.02. The second-order valence-corrected chi connectivity index (χ2v) is 3.87. The summed E-state index contributed by atoms with van der Waals surface area (Å²) < 4.78 is 23.5. The fraction of sp³-hybridized carbons (Fsp3) is 0.214. The number of halogens is 1. The van der Waals surface area contributed by atoms with Crippen molar-refractivity contribution in [1.82, 2.24) is 4.98 Å². The fourth-order valence-corrected chi connectivity index (χ4v) is 1.62. The molecular weight excluding hydrogens is 249 g/mol. The first-order valence-electron chi connectivity index (χ1n) is 5.75. The molecule has 2 rings (SSSR count). The summed E-state index contributed by atoms with van der Waals surface area (Å²) in [7, 11) is 1.54. The first-order valence-corrected chi connectivity index (χ1v) is 5.75. The van der Waals surface area contributed by atoms with E-state index in [1.165, 1.54) is 25.3 Å². The molecule has 0 aliphatic rings. The van der Waals surface area contributed by atoms with Crippen LogP contribution in [0.5, 0.6) is 11.6 Å². The van der Waals surface area contributed by atoms with Crippen molar-refractivity contribution in [2.45, 2.75) is 13.2 Å². The van der Waals surface area contributed by atoms with E-state index >= 15 is 0 Å². The van der Waals surface area contributed by atoms with Crippen molar-refractivity contribution in [2.24, 2.45) is 0 Å². The molecule has 0 amide bonds. The molecule has 0 aliphatic carbocycles. The third-order valence-corrected chi connectivity index (χ3v) is 2.56. The summed E-state index contributed by atoms with van der Waals surface area (Å²) in [5.74, 6) is 0.534. The number of ether oxygens (including phenoxy) is 2. The zero-order valence-electron chi connectivity index (χ0n) is 10.5. The van der Waals surface area contributed by atoms with Gasteiger partial charge >= 0.3 is 0 Å². The van der Waals surface area contributed by atoms with Crippen LogP contribution in [0.1, 0.15) is 11.3 Å². The van der Waals surface area contributed by atoms with Crippen molar-refractivity contribution in [2.75, 3.05) is 7.11 Å². The van der Waals surface area contributed by atoms with Gasteiger partial charge in [-0.05, 0) is 24.3 Å². The van der Waals surface area contributed by atoms with Crippen LogP contribution in [0.2, 0.25) is 0 Å². The lowest BCUT2D eigenvalue weighted by atomic mass is 10.2. The number of hydrogen-bond donors (Lipinski definition) is 1. The van der Waals surface area contributed by atoms with Gasteiger partial charge in [-0.15, -0.1) is 0 Å². The van der Waals surface area contributed by atoms with Crippen molar-refractivity contribution in [3.63, 3.8) is 0 Å². The topological polar surface area (TPSA) is 51.6 Å². The van der Waals surface area contributed by atoms with Gasteiger partial charge in [0.25, 0.3) is 0 Å². The van der Waals surface area contributed by atoms with E-state index in [-0.39, 0.29) is 13.2 Å². The van der Waals surface area contributed by atoms with Gasteiger partial charge in [0.15, 0.2) is 0 Å². The van der Waals surface area contributed by atoms with E-state index < -0.39 is 5.82 Å². The lowest BCUT2D eigenvalue weighted by Gasteiger charge is -2.10. The summed E-state index contributed by atoms with van der Waals surface area (Å²) >= 11 is 0. The lowest BCUT2D eigenvalue weighted by molar-refractivity contribution is 0.256. The highest BCUT2D eigenvalue weighted by Crippen LogP contribution is 2.21. The molecule has 1 aromatic heterocycles. The summed E-state index contributed by atoms with van der Waals surface area (Å²) in [4.78, 5) is 4.20. The van der Waals surface area contributed by atoms with Gasteiger partial charge in [-0.3, -0.25) is 0 Å². The largest absolute Gasteiger partial charge is 0.487 e. The summed E-state index contributed by atoms with van der Waals surface area (Å²) in [5, 5.41) is 9.14. The SMILES string of the molecule is COc1cccc(COc2ccc(F)cc2CO)n1. The monoisotopic (exact) mass is 263 g/mol. The van der Waals surface area contributed by atoms with E-state index in [9.17, 15) is 4.39 Å². The average molecular weight is 263 g/mol. The predicted octanol–water partition coefficient (Wildman–Crippen LogP) is 2.30. The molecular formula is C14H14FNO3. The highest BCUT2D eigenvalue weighted by Gasteiger charge is 2.06. The van der Waals surface area contributed by atoms with Crippen LogP contribution in [0.15, 0.2) is 36.4 Å². The number of rotatable bonds is 5. The van der Waals surface area contributed by atoms with Crippen LogP contribution >= 0.6 is 0 Å². The molecule has 0 spiro atoms. The molecule has 0 fully saturated rings. The van der Waals surface area contributed by atoms with Crippen LogP contribution < -0.4 is 9.47 Å². The number of nitrogens with zero attached hydrogens (tertiary/aromatic N) is 1. The molecule has 2 aromatic rings. The molecule has 0 aliphatic heterocycles. The molecule has 1 heterocycles. The maximum atomic E-state index is 13.0. The van der Waals surface area contributed by atoms with E-state index in [2.05, 4.69) is 4.98 Å². The number of hydrogen-bond acceptors (Lipinski definition) is 4. The van der Waals surface area contributed by atoms with E-state index in [4.69, 9.17) is 14.6 Å². The minimum absolute atomic E-state index is 0.218. The molecule has 1 N–H and O–H groups in total. The summed E-state index contributed by atoms with van der Waals surface area (Å²) in [6.07, 6.45) is 0. The summed E-state index contributed by atoms with van der Waals surface area (Å²) in [6, 6.07) is 9.36. The van der Waals surface area contributed by atoms with Gasteiger partial charge in [0.2, 0.25) is 5.88 Å². The van der Waals surface area contributed by atoms with Gasteiger partial charge < -0.3 is 14.6 Å². The molecule has 0 atom stereocenters. The maximum Gasteiger partial charge on any atom is 0.213 e. The molecule has 0 unspecified atom stereocenters. The Morgan fingerprint density at radius 1 is 1.26 bits per heavy atom. The average Bonchev–Trinajstić information content (AvgIpc) is 2.46. The third-order valence-electron chi connectivity index (χ3n) is 2.56. The molecule has 4 nitrogen and oxygen atoms in total. The Bertz CT molecular complexity index is 560. The van der Waals surface area contributed by atoms with Crippen molar-refractivity contribution < 1.29 is 19.0 Å². The summed E-state index contributed by atoms with van der Waals surface area (Å²) in [6.45, 7) is -0.0610. The van der Waals surface area contributed by atoms with Crippen molar-refractivity contribution in [3.05, 3.63) is 53.5 Å². The minimum Gasteiger partial charge on any atom is -0.487 e. The molecule has 0 radical (unpaired) electrons. The van der Waals surface area contributed by atoms with E-state index in [1.54, 1.807) is 12.1 Å². The highest BCUT2D eigenvalue weighted by molar-refractivity contribution is 5.33. The first-order chi connectivity index (χ1) is 9.22. The molecule has 0 bridgehead atoms. The Kier molecular flexibility index (Phi) is 4.30. The molecule has 0 saturated heterocycles. The highest BCUT2D eigenvalue weighted by atomic mass is 19.1. The van der Waals surface area contributed by atoms with Crippen LogP contribution in [0, 0.1) is 5.82 Å². The molecule has 1 aromatic carbocycles. The number of pyridine rings is 1. The van der Waals surface area contributed by atoms with Crippen molar-refractivity contribution in [1.29, 1.82) is 0 Å². The number of benzene rings is 1. The molecule has 5 heteroatoms. The number of aliphatic hydroxyl groups excluding tert-OH is 1. The Hall–Kier alpha value is -2.14. The second kappa shape index (κ2) is 6.15. The predicted molar refractivity (Wildman–Crippen MR) is 67.4 cm³/mol. The van der Waals surface area contributed by atoms with Gasteiger partial charge in [0, 0.05) is 11.6 Å². The summed E-state index contributed by atoms with van der Waals surface area (Å²) in [5.41, 5.74) is 1.09. The second-order valence-electron chi connectivity index (χ2n) is 3.87. The maximum absolute atomic E-state index is 13.0. The molecule has 19 heavy (non-hydrogen) atoms. The number of aliphatic hydroxyl groups is 1. The van der Waals surface area contributed by atoms with Crippen LogP contribution in [-0.2, 0) is 13.2 Å². The van der Waals surface area contributed by atoms with Crippen LogP contribution in [0.4, 0.5) is 4.39 Å². The van der Waals surface area contributed by atoms with Crippen LogP contribution in [0.3, 0.4) is 0 Å². The third kappa shape index (κ3) is 3.42. The normalized spacial score (nSPS) is 10.3. The van der Waals surface area contributed by atoms with Gasteiger partial charge in [0.05, 0.1) is 19.4 Å². The standard InChI is InChI=1S/C14H14FNO3/c1-18-14-4-2-3-12(16-14)9-19-13-6-5-11(15)7-10(13)8-17/h2-7,17H,8-9H2,1H3. The van der Waals surface area contributed by atoms with E-state index in [0.29, 0.717) is 22.9 Å². The quantitative estimate of drug-likeness (QED) is 0.899. The van der Waals surface area contributed by atoms with Crippen LogP contribution in [-0.4, -0.2) is 17.2 Å². The Morgan fingerprint density at radius 3 is 2.84 bits per heavy atom. The number of aromatic nitrogens is 1. The number of methoxy groups -OCH3 is 1. The van der Waals surface area contributed by atoms with Crippen molar-refractivity contribution >= 4 is 0 Å². The Morgan fingerprint density at radius 2 is 2.11 bits per heavy atom. The van der Waals surface area contributed by atoms with E-state index in [0.717, 1.165) is 0 Å². The first kappa shape index (κ1) is 13.3. The Labute approximate surface area is 110 Å². The van der Waals surface area contributed by atoms with Gasteiger partial charge in [-0.25, -0.2) is 9.37 Å². The Balaban J connectivity index is 2.09. The zero-order chi connectivity index (χ0) is 13.7. The van der Waals surface area contributed by atoms with E-state index in [1.807, 2.05) is 6.07 Å².